The number of halogens is 1. The van der Waals surface area contributed by atoms with Crippen LogP contribution in [0.25, 0.3) is 22.2 Å². The summed E-state index contributed by atoms with van der Waals surface area (Å²) in [6, 6.07) is 16.1. The molecule has 1 heterocycles. The van der Waals surface area contributed by atoms with E-state index in [2.05, 4.69) is 15.9 Å². The number of hydrogen-bond acceptors (Lipinski definition) is 2. The highest BCUT2D eigenvalue weighted by Gasteiger charge is 2.12. The number of rotatable bonds is 5. The molecule has 0 spiro atoms. The molecule has 0 aliphatic rings. The fraction of sp³-hybridized carbons (Fsp3) is 0.176. The number of benzene rings is 2. The largest absolute Gasteiger partial charge is 0.481 e. The van der Waals surface area contributed by atoms with Crippen molar-refractivity contribution >= 4 is 32.8 Å². The fourth-order valence-corrected chi connectivity index (χ4v) is 2.76. The Morgan fingerprint density at radius 1 is 1.14 bits per heavy atom. The van der Waals surface area contributed by atoms with Crippen LogP contribution in [0, 0.1) is 0 Å². The van der Waals surface area contributed by atoms with E-state index >= 15 is 0 Å². The van der Waals surface area contributed by atoms with Crippen molar-refractivity contribution in [3.63, 3.8) is 0 Å². The summed E-state index contributed by atoms with van der Waals surface area (Å²) in [5, 5.41) is 14.6. The quantitative estimate of drug-likeness (QED) is 0.738. The number of nitrogens with zero attached hydrogens (tertiary/aromatic N) is 2. The Morgan fingerprint density at radius 3 is 2.59 bits per heavy atom. The Bertz CT molecular complexity index is 809. The van der Waals surface area contributed by atoms with E-state index in [0.717, 1.165) is 26.6 Å². The van der Waals surface area contributed by atoms with Gasteiger partial charge in [0.15, 0.2) is 0 Å². The molecule has 112 valence electrons. The molecule has 3 aromatic rings. The third-order valence-corrected chi connectivity index (χ3v) is 4.06. The van der Waals surface area contributed by atoms with Crippen LogP contribution in [0.2, 0.25) is 0 Å². The number of carbonyl (C=O) groups is 1. The SMILES string of the molecule is O=C(O)CCCn1nc(-c2ccc(Br)cc2)c2ccccc21. The van der Waals surface area contributed by atoms with E-state index in [1.54, 1.807) is 0 Å². The topological polar surface area (TPSA) is 55.1 Å². The van der Waals surface area contributed by atoms with Crippen LogP contribution >= 0.6 is 15.9 Å². The monoisotopic (exact) mass is 358 g/mol. The van der Waals surface area contributed by atoms with Crippen molar-refractivity contribution < 1.29 is 9.90 Å². The number of carboxylic acid groups (broad SMARTS) is 1. The lowest BCUT2D eigenvalue weighted by Crippen LogP contribution is -2.03. The van der Waals surface area contributed by atoms with Crippen LogP contribution in [-0.2, 0) is 11.3 Å². The number of hydrogen-bond donors (Lipinski definition) is 1. The molecule has 0 radical (unpaired) electrons. The lowest BCUT2D eigenvalue weighted by molar-refractivity contribution is -0.137. The van der Waals surface area contributed by atoms with Gasteiger partial charge in [-0.25, -0.2) is 0 Å². The van der Waals surface area contributed by atoms with Gasteiger partial charge in [-0.15, -0.1) is 0 Å². The third-order valence-electron chi connectivity index (χ3n) is 3.54. The minimum Gasteiger partial charge on any atom is -0.481 e. The van der Waals surface area contributed by atoms with Crippen LogP contribution in [0.15, 0.2) is 53.0 Å². The summed E-state index contributed by atoms with van der Waals surface area (Å²) in [7, 11) is 0. The molecule has 3 rings (SSSR count). The van der Waals surface area contributed by atoms with E-state index in [0.29, 0.717) is 13.0 Å². The Hall–Kier alpha value is -2.14. The lowest BCUT2D eigenvalue weighted by Gasteiger charge is -2.01. The van der Waals surface area contributed by atoms with E-state index < -0.39 is 5.97 Å². The van der Waals surface area contributed by atoms with Gasteiger partial charge < -0.3 is 5.11 Å². The molecule has 5 heteroatoms. The van der Waals surface area contributed by atoms with Crippen LogP contribution in [0.4, 0.5) is 0 Å². The number of para-hydroxylation sites is 1. The van der Waals surface area contributed by atoms with E-state index in [-0.39, 0.29) is 6.42 Å². The molecule has 0 fully saturated rings. The molecule has 0 amide bonds. The van der Waals surface area contributed by atoms with Gasteiger partial charge in [0.1, 0.15) is 5.69 Å². The predicted octanol–water partition coefficient (Wildman–Crippen LogP) is 4.33. The fourth-order valence-electron chi connectivity index (χ4n) is 2.50. The lowest BCUT2D eigenvalue weighted by atomic mass is 10.1. The molecular weight excluding hydrogens is 344 g/mol. The summed E-state index contributed by atoms with van der Waals surface area (Å²) >= 11 is 3.44. The number of carboxylic acids is 1. The predicted molar refractivity (Wildman–Crippen MR) is 89.7 cm³/mol. The van der Waals surface area contributed by atoms with Gasteiger partial charge in [0, 0.05) is 28.4 Å². The molecule has 0 aliphatic heterocycles. The highest BCUT2D eigenvalue weighted by Crippen LogP contribution is 2.29. The van der Waals surface area contributed by atoms with Crippen molar-refractivity contribution in [2.24, 2.45) is 0 Å². The molecule has 0 saturated heterocycles. The van der Waals surface area contributed by atoms with Crippen LogP contribution in [0.5, 0.6) is 0 Å². The van der Waals surface area contributed by atoms with Crippen LogP contribution < -0.4 is 0 Å². The number of aliphatic carboxylic acids is 1. The summed E-state index contributed by atoms with van der Waals surface area (Å²) in [5.74, 6) is -0.774. The molecule has 1 N–H and O–H groups in total. The summed E-state index contributed by atoms with van der Waals surface area (Å²) in [5.41, 5.74) is 3.01. The summed E-state index contributed by atoms with van der Waals surface area (Å²) in [4.78, 5) is 10.7. The number of fused-ring (bicyclic) bond motifs is 1. The second-order valence-electron chi connectivity index (χ2n) is 5.09. The maximum Gasteiger partial charge on any atom is 0.303 e. The van der Waals surface area contributed by atoms with Crippen molar-refractivity contribution in [2.75, 3.05) is 0 Å². The molecule has 4 nitrogen and oxygen atoms in total. The molecular formula is C17H15BrN2O2. The zero-order valence-corrected chi connectivity index (χ0v) is 13.5. The van der Waals surface area contributed by atoms with Gasteiger partial charge in [0.05, 0.1) is 5.52 Å². The van der Waals surface area contributed by atoms with Gasteiger partial charge in [0.25, 0.3) is 0 Å². The van der Waals surface area contributed by atoms with Gasteiger partial charge in [-0.05, 0) is 24.6 Å². The van der Waals surface area contributed by atoms with Crippen molar-refractivity contribution in [1.29, 1.82) is 0 Å². The van der Waals surface area contributed by atoms with Gasteiger partial charge in [-0.1, -0.05) is 46.3 Å². The molecule has 22 heavy (non-hydrogen) atoms. The third kappa shape index (κ3) is 3.04. The van der Waals surface area contributed by atoms with E-state index in [9.17, 15) is 4.79 Å². The first kappa shape index (κ1) is 14.8. The number of aromatic nitrogens is 2. The first-order valence-corrected chi connectivity index (χ1v) is 7.88. The van der Waals surface area contributed by atoms with Crippen LogP contribution in [0.3, 0.4) is 0 Å². The van der Waals surface area contributed by atoms with E-state index in [1.807, 2.05) is 53.2 Å². The molecule has 2 aromatic carbocycles. The van der Waals surface area contributed by atoms with Crippen LogP contribution in [0.1, 0.15) is 12.8 Å². The minimum atomic E-state index is -0.774. The van der Waals surface area contributed by atoms with Crippen molar-refractivity contribution in [2.45, 2.75) is 19.4 Å². The molecule has 1 aromatic heterocycles. The molecule has 0 atom stereocenters. The van der Waals surface area contributed by atoms with Gasteiger partial charge >= 0.3 is 5.97 Å². The van der Waals surface area contributed by atoms with Crippen molar-refractivity contribution in [3.8, 4) is 11.3 Å². The Kier molecular flexibility index (Phi) is 4.24. The highest BCUT2D eigenvalue weighted by atomic mass is 79.9. The van der Waals surface area contributed by atoms with E-state index in [4.69, 9.17) is 10.2 Å². The summed E-state index contributed by atoms with van der Waals surface area (Å²) in [6.07, 6.45) is 0.725. The summed E-state index contributed by atoms with van der Waals surface area (Å²) < 4.78 is 2.93. The highest BCUT2D eigenvalue weighted by molar-refractivity contribution is 9.10. The van der Waals surface area contributed by atoms with Gasteiger partial charge in [0.2, 0.25) is 0 Å². The minimum absolute atomic E-state index is 0.155. The average Bonchev–Trinajstić information content (AvgIpc) is 2.87. The zero-order chi connectivity index (χ0) is 15.5. The Balaban J connectivity index is 2.00. The molecule has 0 unspecified atom stereocenters. The maximum absolute atomic E-state index is 10.7. The Morgan fingerprint density at radius 2 is 1.86 bits per heavy atom. The zero-order valence-electron chi connectivity index (χ0n) is 11.9. The second kappa shape index (κ2) is 6.32. The average molecular weight is 359 g/mol. The molecule has 0 aliphatic carbocycles. The number of aryl methyl sites for hydroxylation is 1. The standard InChI is InChI=1S/C17H15BrN2O2/c18-13-9-7-12(8-10-13)17-14-4-1-2-5-15(14)20(19-17)11-3-6-16(21)22/h1-2,4-5,7-10H,3,6,11H2,(H,21,22). The smallest absolute Gasteiger partial charge is 0.303 e. The summed E-state index contributed by atoms with van der Waals surface area (Å²) in [6.45, 7) is 0.601. The van der Waals surface area contributed by atoms with Gasteiger partial charge in [-0.3, -0.25) is 9.48 Å². The maximum atomic E-state index is 10.7. The first-order valence-electron chi connectivity index (χ1n) is 7.08. The van der Waals surface area contributed by atoms with Crippen LogP contribution in [-0.4, -0.2) is 20.9 Å². The second-order valence-corrected chi connectivity index (χ2v) is 6.01. The van der Waals surface area contributed by atoms with Crippen molar-refractivity contribution in [3.05, 3.63) is 53.0 Å². The molecule has 0 saturated carbocycles. The van der Waals surface area contributed by atoms with Gasteiger partial charge in [-0.2, -0.15) is 5.10 Å². The van der Waals surface area contributed by atoms with Crippen molar-refractivity contribution in [1.82, 2.24) is 9.78 Å². The van der Waals surface area contributed by atoms with E-state index in [1.165, 1.54) is 0 Å². The first-order chi connectivity index (χ1) is 10.6. The molecule has 0 bridgehead atoms. The Labute approximate surface area is 136 Å². The normalized spacial score (nSPS) is 11.0.